The second-order valence-corrected chi connectivity index (χ2v) is 6.55. The van der Waals surface area contributed by atoms with Crippen molar-refractivity contribution in [2.75, 3.05) is 0 Å². The standard InChI is InChI=1S/C10H16N2O4S/c1-4-12-9(10(13)14)8(5-11-12)6-17(15,16)7(2)3/h5,7H,4,6H2,1-3H3,(H,13,14). The molecule has 7 heteroatoms. The third-order valence-corrected chi connectivity index (χ3v) is 4.64. The fourth-order valence-corrected chi connectivity index (χ4v) is 2.38. The van der Waals surface area contributed by atoms with E-state index in [-0.39, 0.29) is 17.0 Å². The Morgan fingerprint density at radius 3 is 2.53 bits per heavy atom. The molecule has 0 aliphatic rings. The van der Waals surface area contributed by atoms with Gasteiger partial charge in [0.1, 0.15) is 0 Å². The molecule has 1 rings (SSSR count). The van der Waals surface area contributed by atoms with Gasteiger partial charge >= 0.3 is 5.97 Å². The van der Waals surface area contributed by atoms with Gasteiger partial charge in [0.25, 0.3) is 0 Å². The van der Waals surface area contributed by atoms with Crippen LogP contribution >= 0.6 is 0 Å². The van der Waals surface area contributed by atoms with E-state index in [9.17, 15) is 13.2 Å². The van der Waals surface area contributed by atoms with E-state index in [4.69, 9.17) is 5.11 Å². The van der Waals surface area contributed by atoms with Crippen LogP contribution in [0.1, 0.15) is 36.8 Å². The summed E-state index contributed by atoms with van der Waals surface area (Å²) < 4.78 is 24.8. The lowest BCUT2D eigenvalue weighted by Crippen LogP contribution is -2.18. The Labute approximate surface area is 100 Å². The maximum atomic E-state index is 11.7. The Hall–Kier alpha value is -1.37. The summed E-state index contributed by atoms with van der Waals surface area (Å²) in [4.78, 5) is 11.1. The van der Waals surface area contributed by atoms with E-state index in [1.165, 1.54) is 10.9 Å². The molecule has 0 unspecified atom stereocenters. The van der Waals surface area contributed by atoms with E-state index in [1.807, 2.05) is 0 Å². The molecule has 0 aromatic carbocycles. The number of aryl methyl sites for hydroxylation is 1. The molecule has 0 aliphatic carbocycles. The summed E-state index contributed by atoms with van der Waals surface area (Å²) in [6.45, 7) is 5.28. The van der Waals surface area contributed by atoms with E-state index < -0.39 is 21.1 Å². The van der Waals surface area contributed by atoms with E-state index in [0.717, 1.165) is 0 Å². The molecule has 1 heterocycles. The van der Waals surface area contributed by atoms with Crippen molar-refractivity contribution in [3.63, 3.8) is 0 Å². The third-order valence-electron chi connectivity index (χ3n) is 2.49. The summed E-state index contributed by atoms with van der Waals surface area (Å²) in [7, 11) is -3.32. The number of hydrogen-bond donors (Lipinski definition) is 1. The molecule has 0 amide bonds. The predicted octanol–water partition coefficient (Wildman–Crippen LogP) is 0.924. The van der Waals surface area contributed by atoms with Crippen LogP contribution in [-0.4, -0.2) is 34.5 Å². The molecule has 6 nitrogen and oxygen atoms in total. The van der Waals surface area contributed by atoms with E-state index in [0.29, 0.717) is 6.54 Å². The van der Waals surface area contributed by atoms with Crippen LogP contribution in [0.5, 0.6) is 0 Å². The number of carbonyl (C=O) groups is 1. The van der Waals surface area contributed by atoms with Crippen LogP contribution in [-0.2, 0) is 22.1 Å². The van der Waals surface area contributed by atoms with Crippen LogP contribution in [0.3, 0.4) is 0 Å². The quantitative estimate of drug-likeness (QED) is 0.850. The monoisotopic (exact) mass is 260 g/mol. The minimum Gasteiger partial charge on any atom is -0.477 e. The van der Waals surface area contributed by atoms with Crippen LogP contribution in [0, 0.1) is 0 Å². The van der Waals surface area contributed by atoms with Crippen LogP contribution in [0.4, 0.5) is 0 Å². The van der Waals surface area contributed by atoms with Gasteiger partial charge in [-0.15, -0.1) is 0 Å². The number of rotatable bonds is 5. The first-order valence-electron chi connectivity index (χ1n) is 5.29. The van der Waals surface area contributed by atoms with Gasteiger partial charge < -0.3 is 5.11 Å². The van der Waals surface area contributed by atoms with Gasteiger partial charge in [-0.25, -0.2) is 13.2 Å². The third kappa shape index (κ3) is 2.85. The molecule has 1 aromatic heterocycles. The average Bonchev–Trinajstić information content (AvgIpc) is 2.59. The van der Waals surface area contributed by atoms with Gasteiger partial charge in [0.2, 0.25) is 0 Å². The number of carboxylic acid groups (broad SMARTS) is 1. The molecule has 1 aromatic rings. The lowest BCUT2D eigenvalue weighted by molar-refractivity contribution is 0.0682. The topological polar surface area (TPSA) is 89.3 Å². The predicted molar refractivity (Wildman–Crippen MR) is 62.6 cm³/mol. The molecule has 0 radical (unpaired) electrons. The highest BCUT2D eigenvalue weighted by Crippen LogP contribution is 2.15. The fourth-order valence-electron chi connectivity index (χ4n) is 1.40. The Morgan fingerprint density at radius 1 is 1.53 bits per heavy atom. The number of aromatic nitrogens is 2. The summed E-state index contributed by atoms with van der Waals surface area (Å²) in [5, 5.41) is 12.4. The lowest BCUT2D eigenvalue weighted by Gasteiger charge is -2.07. The Bertz CT molecular complexity index is 516. The smallest absolute Gasteiger partial charge is 0.354 e. The van der Waals surface area contributed by atoms with Crippen LogP contribution in [0.15, 0.2) is 6.20 Å². The normalized spacial score (nSPS) is 12.0. The first-order chi connectivity index (χ1) is 7.79. The molecular weight excluding hydrogens is 244 g/mol. The van der Waals surface area contributed by atoms with Gasteiger partial charge in [0.15, 0.2) is 15.5 Å². The van der Waals surface area contributed by atoms with Crippen molar-refractivity contribution in [1.29, 1.82) is 0 Å². The Balaban J connectivity index is 3.17. The summed E-state index contributed by atoms with van der Waals surface area (Å²) in [5.41, 5.74) is 0.199. The summed E-state index contributed by atoms with van der Waals surface area (Å²) >= 11 is 0. The molecule has 0 bridgehead atoms. The van der Waals surface area contributed by atoms with Crippen molar-refractivity contribution in [2.24, 2.45) is 0 Å². The van der Waals surface area contributed by atoms with Gasteiger partial charge in [-0.05, 0) is 20.8 Å². The minimum atomic E-state index is -3.32. The van der Waals surface area contributed by atoms with Crippen LogP contribution in [0.25, 0.3) is 0 Å². The maximum Gasteiger partial charge on any atom is 0.354 e. The highest BCUT2D eigenvalue weighted by atomic mass is 32.2. The zero-order valence-corrected chi connectivity index (χ0v) is 10.9. The fraction of sp³-hybridized carbons (Fsp3) is 0.600. The van der Waals surface area contributed by atoms with Crippen molar-refractivity contribution < 1.29 is 18.3 Å². The Morgan fingerprint density at radius 2 is 2.12 bits per heavy atom. The highest BCUT2D eigenvalue weighted by Gasteiger charge is 2.24. The second-order valence-electron chi connectivity index (χ2n) is 4.00. The lowest BCUT2D eigenvalue weighted by atomic mass is 10.3. The minimum absolute atomic E-state index is 0.0447. The molecule has 17 heavy (non-hydrogen) atoms. The molecular formula is C10H16N2O4S. The van der Waals surface area contributed by atoms with Crippen molar-refractivity contribution in [2.45, 2.75) is 38.3 Å². The second kappa shape index (κ2) is 4.87. The van der Waals surface area contributed by atoms with Crippen LogP contribution in [0.2, 0.25) is 0 Å². The van der Waals surface area contributed by atoms with Gasteiger partial charge in [-0.2, -0.15) is 5.10 Å². The summed E-state index contributed by atoms with van der Waals surface area (Å²) in [6, 6.07) is 0. The first kappa shape index (κ1) is 13.7. The average molecular weight is 260 g/mol. The summed E-state index contributed by atoms with van der Waals surface area (Å²) in [5.74, 6) is -1.44. The van der Waals surface area contributed by atoms with Gasteiger partial charge in [-0.1, -0.05) is 0 Å². The largest absolute Gasteiger partial charge is 0.477 e. The zero-order chi connectivity index (χ0) is 13.2. The highest BCUT2D eigenvalue weighted by molar-refractivity contribution is 7.91. The Kier molecular flexibility index (Phi) is 3.92. The molecule has 0 fully saturated rings. The van der Waals surface area contributed by atoms with Crippen molar-refractivity contribution in [1.82, 2.24) is 9.78 Å². The van der Waals surface area contributed by atoms with Gasteiger partial charge in [0, 0.05) is 12.1 Å². The van der Waals surface area contributed by atoms with E-state index >= 15 is 0 Å². The number of nitrogens with zero attached hydrogens (tertiary/aromatic N) is 2. The van der Waals surface area contributed by atoms with Crippen molar-refractivity contribution >= 4 is 15.8 Å². The molecule has 0 saturated heterocycles. The molecule has 0 aliphatic heterocycles. The van der Waals surface area contributed by atoms with E-state index in [2.05, 4.69) is 5.10 Å². The number of aromatic carboxylic acids is 1. The maximum absolute atomic E-state index is 11.7. The van der Waals surface area contributed by atoms with E-state index in [1.54, 1.807) is 20.8 Å². The van der Waals surface area contributed by atoms with Gasteiger partial charge in [-0.3, -0.25) is 4.68 Å². The van der Waals surface area contributed by atoms with Crippen molar-refractivity contribution in [3.8, 4) is 0 Å². The summed E-state index contributed by atoms with van der Waals surface area (Å²) in [6.07, 6.45) is 1.31. The molecule has 96 valence electrons. The number of hydrogen-bond acceptors (Lipinski definition) is 4. The molecule has 1 N–H and O–H groups in total. The molecule has 0 atom stereocenters. The van der Waals surface area contributed by atoms with Gasteiger partial charge in [0.05, 0.1) is 17.2 Å². The SMILES string of the molecule is CCn1ncc(CS(=O)(=O)C(C)C)c1C(=O)O. The molecule has 0 saturated carbocycles. The first-order valence-corrected chi connectivity index (χ1v) is 7.00. The number of carboxylic acids is 1. The number of sulfone groups is 1. The molecule has 0 spiro atoms. The van der Waals surface area contributed by atoms with Crippen molar-refractivity contribution in [3.05, 3.63) is 17.5 Å². The van der Waals surface area contributed by atoms with Crippen LogP contribution < -0.4 is 0 Å². The zero-order valence-electron chi connectivity index (χ0n) is 10.0.